The molecule has 0 heterocycles. The molecule has 0 aromatic heterocycles. The van der Waals surface area contributed by atoms with E-state index in [0.717, 1.165) is 14.9 Å². The van der Waals surface area contributed by atoms with Crippen molar-refractivity contribution in [2.45, 2.75) is 18.7 Å². The van der Waals surface area contributed by atoms with Gasteiger partial charge in [-0.15, -0.1) is 11.8 Å². The van der Waals surface area contributed by atoms with E-state index in [4.69, 9.17) is 5.11 Å². The summed E-state index contributed by atoms with van der Waals surface area (Å²) in [5, 5.41) is 11.7. The van der Waals surface area contributed by atoms with Gasteiger partial charge in [-0.1, -0.05) is 22.9 Å². The predicted octanol–water partition coefficient (Wildman–Crippen LogP) is 2.59. The molecule has 0 fully saturated rings. The second-order valence-electron chi connectivity index (χ2n) is 4.29. The van der Waals surface area contributed by atoms with Crippen LogP contribution in [-0.2, 0) is 4.79 Å². The Morgan fingerprint density at radius 1 is 1.56 bits per heavy atom. The van der Waals surface area contributed by atoms with Crippen molar-refractivity contribution >= 4 is 33.6 Å². The van der Waals surface area contributed by atoms with Crippen LogP contribution in [-0.4, -0.2) is 29.9 Å². The van der Waals surface area contributed by atoms with E-state index in [9.17, 15) is 4.79 Å². The number of thioether (sulfide) groups is 1. The Morgan fingerprint density at radius 3 is 2.89 bits per heavy atom. The number of rotatable bonds is 6. The Bertz CT molecular complexity index is 412. The number of carbonyl (C=O) groups excluding carboxylic acids is 1. The summed E-state index contributed by atoms with van der Waals surface area (Å²) in [4.78, 5) is 12.7. The zero-order valence-corrected chi connectivity index (χ0v) is 13.0. The van der Waals surface area contributed by atoms with Gasteiger partial charge in [-0.05, 0) is 36.6 Å². The zero-order valence-electron chi connectivity index (χ0n) is 10.6. The van der Waals surface area contributed by atoms with Crippen molar-refractivity contribution in [2.75, 3.05) is 18.9 Å². The van der Waals surface area contributed by atoms with Gasteiger partial charge in [0.2, 0.25) is 5.91 Å². The summed E-state index contributed by atoms with van der Waals surface area (Å²) < 4.78 is 1.05. The Hall–Kier alpha value is -0.520. The van der Waals surface area contributed by atoms with Crippen molar-refractivity contribution in [1.82, 2.24) is 5.32 Å². The fraction of sp³-hybridized carbons (Fsp3) is 0.462. The molecule has 100 valence electrons. The lowest BCUT2D eigenvalue weighted by Gasteiger charge is -2.10. The molecular weight excluding hydrogens is 314 g/mol. The molecule has 0 aliphatic carbocycles. The third-order valence-corrected chi connectivity index (χ3v) is 4.12. The highest BCUT2D eigenvalue weighted by Crippen LogP contribution is 2.24. The van der Waals surface area contributed by atoms with Gasteiger partial charge in [0.25, 0.3) is 0 Å². The van der Waals surface area contributed by atoms with Crippen LogP contribution < -0.4 is 5.32 Å². The van der Waals surface area contributed by atoms with E-state index in [1.54, 1.807) is 0 Å². The number of benzene rings is 1. The molecule has 18 heavy (non-hydrogen) atoms. The first-order chi connectivity index (χ1) is 8.52. The van der Waals surface area contributed by atoms with E-state index in [1.165, 1.54) is 11.8 Å². The molecule has 0 saturated heterocycles. The molecule has 2 N–H and O–H groups in total. The number of hydrogen-bond acceptors (Lipinski definition) is 3. The van der Waals surface area contributed by atoms with Crippen LogP contribution in [0.5, 0.6) is 0 Å². The minimum atomic E-state index is 0.00242. The number of aryl methyl sites for hydroxylation is 1. The second kappa shape index (κ2) is 7.81. The topological polar surface area (TPSA) is 49.3 Å². The molecule has 0 saturated carbocycles. The summed E-state index contributed by atoms with van der Waals surface area (Å²) in [6, 6.07) is 6.02. The van der Waals surface area contributed by atoms with Crippen molar-refractivity contribution in [2.24, 2.45) is 5.92 Å². The molecule has 1 amide bonds. The fourth-order valence-corrected chi connectivity index (χ4v) is 2.64. The van der Waals surface area contributed by atoms with Gasteiger partial charge in [-0.25, -0.2) is 0 Å². The maximum Gasteiger partial charge on any atom is 0.230 e. The van der Waals surface area contributed by atoms with Crippen LogP contribution in [0, 0.1) is 12.8 Å². The summed E-state index contributed by atoms with van der Waals surface area (Å²) >= 11 is 4.94. The lowest BCUT2D eigenvalue weighted by molar-refractivity contribution is -0.118. The highest BCUT2D eigenvalue weighted by Gasteiger charge is 2.06. The van der Waals surface area contributed by atoms with Gasteiger partial charge in [-0.3, -0.25) is 4.79 Å². The van der Waals surface area contributed by atoms with Crippen molar-refractivity contribution in [3.63, 3.8) is 0 Å². The van der Waals surface area contributed by atoms with Crippen molar-refractivity contribution in [3.8, 4) is 0 Å². The van der Waals surface area contributed by atoms with Crippen LogP contribution >= 0.6 is 27.7 Å². The first kappa shape index (κ1) is 15.5. The predicted molar refractivity (Wildman–Crippen MR) is 78.9 cm³/mol. The lowest BCUT2D eigenvalue weighted by atomic mass is 10.2. The van der Waals surface area contributed by atoms with Crippen molar-refractivity contribution in [1.29, 1.82) is 0 Å². The molecular formula is C13H18BrNO2S. The minimum absolute atomic E-state index is 0.00242. The summed E-state index contributed by atoms with van der Waals surface area (Å²) in [7, 11) is 0. The second-order valence-corrected chi connectivity index (χ2v) is 6.22. The summed E-state index contributed by atoms with van der Waals surface area (Å²) in [6.45, 7) is 4.54. The van der Waals surface area contributed by atoms with Gasteiger partial charge < -0.3 is 10.4 Å². The molecule has 3 nitrogen and oxygen atoms in total. The van der Waals surface area contributed by atoms with Gasteiger partial charge in [0.15, 0.2) is 0 Å². The van der Waals surface area contributed by atoms with Gasteiger partial charge in [0, 0.05) is 22.5 Å². The molecule has 1 aromatic rings. The summed E-state index contributed by atoms with van der Waals surface area (Å²) in [5.41, 5.74) is 1.16. The quantitative estimate of drug-likeness (QED) is 0.788. The molecule has 1 atom stereocenters. The van der Waals surface area contributed by atoms with Gasteiger partial charge in [0.05, 0.1) is 5.75 Å². The van der Waals surface area contributed by atoms with Crippen LogP contribution in [0.3, 0.4) is 0 Å². The van der Waals surface area contributed by atoms with Crippen LogP contribution in [0.4, 0.5) is 0 Å². The maximum atomic E-state index is 11.6. The Kier molecular flexibility index (Phi) is 6.75. The Balaban J connectivity index is 2.38. The number of aliphatic hydroxyl groups is 1. The van der Waals surface area contributed by atoms with Crippen molar-refractivity contribution in [3.05, 3.63) is 28.2 Å². The number of aliphatic hydroxyl groups excluding tert-OH is 1. The minimum Gasteiger partial charge on any atom is -0.396 e. The molecule has 0 aliphatic heterocycles. The average Bonchev–Trinajstić information content (AvgIpc) is 2.34. The molecule has 0 aliphatic rings. The number of halogens is 1. The molecule has 0 radical (unpaired) electrons. The lowest BCUT2D eigenvalue weighted by Crippen LogP contribution is -2.30. The SMILES string of the molecule is Cc1cc(Br)ccc1SCC(=O)NCC(C)CO. The van der Waals surface area contributed by atoms with Crippen LogP contribution in [0.1, 0.15) is 12.5 Å². The maximum absolute atomic E-state index is 11.6. The van der Waals surface area contributed by atoms with E-state index in [2.05, 4.69) is 21.2 Å². The highest BCUT2D eigenvalue weighted by atomic mass is 79.9. The standard InChI is InChI=1S/C13H18BrNO2S/c1-9(7-16)6-15-13(17)8-18-12-4-3-11(14)5-10(12)2/h3-5,9,16H,6-8H2,1-2H3,(H,15,17). The number of carbonyl (C=O) groups is 1. The molecule has 0 spiro atoms. The summed E-state index contributed by atoms with van der Waals surface area (Å²) in [5.74, 6) is 0.511. The highest BCUT2D eigenvalue weighted by molar-refractivity contribution is 9.10. The molecule has 0 bridgehead atoms. The Morgan fingerprint density at radius 2 is 2.28 bits per heavy atom. The fourth-order valence-electron chi connectivity index (χ4n) is 1.32. The summed E-state index contributed by atoms with van der Waals surface area (Å²) in [6.07, 6.45) is 0. The van der Waals surface area contributed by atoms with E-state index in [-0.39, 0.29) is 18.4 Å². The Labute approximate surface area is 120 Å². The third-order valence-electron chi connectivity index (χ3n) is 2.46. The average molecular weight is 332 g/mol. The van der Waals surface area contributed by atoms with Gasteiger partial charge >= 0.3 is 0 Å². The first-order valence-corrected chi connectivity index (χ1v) is 7.57. The smallest absolute Gasteiger partial charge is 0.230 e. The van der Waals surface area contributed by atoms with Crippen molar-refractivity contribution < 1.29 is 9.90 Å². The van der Waals surface area contributed by atoms with E-state index < -0.39 is 0 Å². The largest absolute Gasteiger partial charge is 0.396 e. The van der Waals surface area contributed by atoms with Gasteiger partial charge in [-0.2, -0.15) is 0 Å². The number of hydrogen-bond donors (Lipinski definition) is 2. The number of amides is 1. The van der Waals surface area contributed by atoms with Crippen LogP contribution in [0.25, 0.3) is 0 Å². The number of nitrogens with one attached hydrogen (secondary N) is 1. The molecule has 1 rings (SSSR count). The first-order valence-electron chi connectivity index (χ1n) is 5.79. The van der Waals surface area contributed by atoms with Crippen LogP contribution in [0.15, 0.2) is 27.6 Å². The van der Waals surface area contributed by atoms with Gasteiger partial charge in [0.1, 0.15) is 0 Å². The van der Waals surface area contributed by atoms with E-state index in [0.29, 0.717) is 12.3 Å². The van der Waals surface area contributed by atoms with Crippen LogP contribution in [0.2, 0.25) is 0 Å². The zero-order chi connectivity index (χ0) is 13.5. The monoisotopic (exact) mass is 331 g/mol. The third kappa shape index (κ3) is 5.42. The van der Waals surface area contributed by atoms with E-state index >= 15 is 0 Å². The molecule has 1 unspecified atom stereocenters. The normalized spacial score (nSPS) is 12.2. The molecule has 5 heteroatoms. The molecule has 1 aromatic carbocycles. The van der Waals surface area contributed by atoms with E-state index in [1.807, 2.05) is 32.0 Å².